The summed E-state index contributed by atoms with van der Waals surface area (Å²) in [6.45, 7) is 4.41. The molecule has 1 fully saturated rings. The van der Waals surface area contributed by atoms with Crippen molar-refractivity contribution in [1.29, 1.82) is 0 Å². The van der Waals surface area contributed by atoms with E-state index in [4.69, 9.17) is 14.2 Å². The lowest BCUT2D eigenvalue weighted by Gasteiger charge is -2.30. The van der Waals surface area contributed by atoms with E-state index in [9.17, 15) is 34.2 Å². The maximum Gasteiger partial charge on any atom is 0.326 e. The van der Waals surface area contributed by atoms with Gasteiger partial charge in [-0.05, 0) is 76.7 Å². The molecule has 18 heteroatoms. The number of amides is 4. The van der Waals surface area contributed by atoms with Crippen LogP contribution >= 0.6 is 11.3 Å². The van der Waals surface area contributed by atoms with Crippen LogP contribution in [0.1, 0.15) is 53.9 Å². The zero-order valence-corrected chi connectivity index (χ0v) is 38.8. The minimum atomic E-state index is -1.34. The van der Waals surface area contributed by atoms with Crippen LogP contribution in [0.25, 0.3) is 10.1 Å². The molecule has 0 aliphatic carbocycles. The number of carbonyl (C=O) groups is 5. The third kappa shape index (κ3) is 12.8. The first-order valence-corrected chi connectivity index (χ1v) is 23.2. The van der Waals surface area contributed by atoms with Crippen molar-refractivity contribution in [3.63, 3.8) is 0 Å². The summed E-state index contributed by atoms with van der Waals surface area (Å²) in [5.41, 5.74) is 2.07. The number of fused-ring (bicyclic) bond motifs is 1. The van der Waals surface area contributed by atoms with Gasteiger partial charge in [0.15, 0.2) is 0 Å². The second-order valence-corrected chi connectivity index (χ2v) is 17.9. The Labute approximate surface area is 397 Å². The molecule has 356 valence electrons. The number of aliphatic hydroxyl groups excluding tert-OH is 1. The minimum Gasteiger partial charge on any atom is -0.497 e. The van der Waals surface area contributed by atoms with Gasteiger partial charge >= 0.3 is 5.97 Å². The molecule has 1 aliphatic heterocycles. The summed E-state index contributed by atoms with van der Waals surface area (Å²) in [5, 5.41) is 40.5. The van der Waals surface area contributed by atoms with Crippen molar-refractivity contribution in [2.45, 2.75) is 83.0 Å². The summed E-state index contributed by atoms with van der Waals surface area (Å²) >= 11 is 1.47. The van der Waals surface area contributed by atoms with Gasteiger partial charge in [0.05, 0.1) is 31.5 Å². The quantitative estimate of drug-likeness (QED) is 0.0619. The Morgan fingerprint density at radius 3 is 2.31 bits per heavy atom. The number of hydrogen-bond donors (Lipinski definition) is 5. The van der Waals surface area contributed by atoms with E-state index in [1.807, 2.05) is 73.8 Å². The predicted octanol–water partition coefficient (Wildman–Crippen LogP) is 4.81. The number of nitrogens with one attached hydrogen (secondary N) is 3. The van der Waals surface area contributed by atoms with Gasteiger partial charge in [-0.2, -0.15) is 0 Å². The van der Waals surface area contributed by atoms with Gasteiger partial charge in [-0.25, -0.2) is 9.48 Å². The molecule has 0 saturated carbocycles. The van der Waals surface area contributed by atoms with Crippen molar-refractivity contribution < 1.29 is 48.4 Å². The van der Waals surface area contributed by atoms with Crippen LogP contribution in [0.5, 0.6) is 17.2 Å². The highest BCUT2D eigenvalue weighted by Gasteiger charge is 2.43. The first kappa shape index (κ1) is 48.6. The van der Waals surface area contributed by atoms with Gasteiger partial charge in [0.1, 0.15) is 60.3 Å². The molecule has 68 heavy (non-hydrogen) atoms. The number of aromatic nitrogens is 3. The molecule has 5 atom stereocenters. The summed E-state index contributed by atoms with van der Waals surface area (Å²) in [7, 11) is 1.52. The monoisotopic (exact) mass is 945 g/mol. The minimum absolute atomic E-state index is 0.00192. The van der Waals surface area contributed by atoms with Crippen molar-refractivity contribution in [2.24, 2.45) is 5.92 Å². The first-order chi connectivity index (χ1) is 32.8. The van der Waals surface area contributed by atoms with Crippen LogP contribution in [0.2, 0.25) is 0 Å². The van der Waals surface area contributed by atoms with E-state index >= 15 is 0 Å². The molecule has 4 aromatic carbocycles. The number of likely N-dealkylation sites (tertiary alicyclic amines) is 1. The highest BCUT2D eigenvalue weighted by atomic mass is 32.1. The van der Waals surface area contributed by atoms with Crippen molar-refractivity contribution in [2.75, 3.05) is 20.3 Å². The molecule has 1 aliphatic rings. The summed E-state index contributed by atoms with van der Waals surface area (Å²) in [4.78, 5) is 70.8. The Morgan fingerprint density at radius 2 is 1.56 bits per heavy atom. The summed E-state index contributed by atoms with van der Waals surface area (Å²) < 4.78 is 19.6. The van der Waals surface area contributed by atoms with Gasteiger partial charge in [0, 0.05) is 30.5 Å². The number of carboxylic acid groups (broad SMARTS) is 1. The van der Waals surface area contributed by atoms with Gasteiger partial charge in [-0.15, -0.1) is 16.4 Å². The molecule has 3 heterocycles. The zero-order chi connectivity index (χ0) is 48.2. The number of nitrogens with zero attached hydrogens (tertiary/aromatic N) is 4. The molecule has 7 rings (SSSR count). The molecule has 2 aromatic heterocycles. The summed E-state index contributed by atoms with van der Waals surface area (Å²) in [5.74, 6) is -2.42. The van der Waals surface area contributed by atoms with Crippen molar-refractivity contribution >= 4 is 51.0 Å². The van der Waals surface area contributed by atoms with Crippen LogP contribution in [0.4, 0.5) is 0 Å². The van der Waals surface area contributed by atoms with Crippen LogP contribution in [0, 0.1) is 5.92 Å². The Balaban J connectivity index is 1.04. The second kappa shape index (κ2) is 22.9. The largest absolute Gasteiger partial charge is 0.497 e. The number of para-hydroxylation sites is 2. The standard InChI is InChI=1S/C50H55N7O10S/c1-31(2)23-41(52-46(59)39-14-7-9-15-44(39)67-29-34-27-56(55-54-34)21-22-66-37-11-5-4-6-12-37)49(62)57-28-35(58)26-43(57)48(61)51-40(25-33-30-68-45-16-10-8-13-38(33)45)47(60)53-42(50(63)64)24-32-17-19-36(65-3)20-18-32/h4-20,27,30-31,35,40-43,58H,21-26,28-29H2,1-3H3,(H,51,61)(H,52,59)(H,53,60)(H,63,64)/t35-,40-,41+,42-,43+/m0/s1. The van der Waals surface area contributed by atoms with E-state index in [0.29, 0.717) is 30.2 Å². The van der Waals surface area contributed by atoms with Gasteiger partial charge in [0.2, 0.25) is 17.7 Å². The van der Waals surface area contributed by atoms with Gasteiger partial charge in [-0.1, -0.05) is 79.7 Å². The zero-order valence-electron chi connectivity index (χ0n) is 37.9. The van der Waals surface area contributed by atoms with Crippen molar-refractivity contribution in [1.82, 2.24) is 35.8 Å². The Morgan fingerprint density at radius 1 is 0.824 bits per heavy atom. The maximum atomic E-state index is 14.5. The lowest BCUT2D eigenvalue weighted by Crippen LogP contribution is -2.58. The second-order valence-electron chi connectivity index (χ2n) is 16.9. The number of aliphatic carboxylic acids is 1. The van der Waals surface area contributed by atoms with Crippen LogP contribution in [-0.4, -0.2) is 110 Å². The number of aliphatic hydroxyl groups is 1. The van der Waals surface area contributed by atoms with E-state index in [-0.39, 0.29) is 56.1 Å². The SMILES string of the molecule is COc1ccc(C[C@H](NC(=O)[C@H](Cc2csc3ccccc23)NC(=O)[C@H]2C[C@H](O)CN2C(=O)[C@@H](CC(C)C)NC(=O)c2ccccc2OCc2cn(CCOc3ccccc3)nn2)C(=O)O)cc1. The van der Waals surface area contributed by atoms with E-state index in [2.05, 4.69) is 26.3 Å². The van der Waals surface area contributed by atoms with E-state index in [1.165, 1.54) is 23.3 Å². The third-order valence-electron chi connectivity index (χ3n) is 11.4. The molecule has 0 unspecified atom stereocenters. The summed E-state index contributed by atoms with van der Waals surface area (Å²) in [6, 6.07) is 25.5. The number of hydrogen-bond acceptors (Lipinski definition) is 12. The Kier molecular flexibility index (Phi) is 16.4. The van der Waals surface area contributed by atoms with Gasteiger partial charge in [0.25, 0.3) is 5.91 Å². The first-order valence-electron chi connectivity index (χ1n) is 22.3. The van der Waals surface area contributed by atoms with E-state index in [0.717, 1.165) is 21.4 Å². The molecule has 6 aromatic rings. The number of methoxy groups -OCH3 is 1. The van der Waals surface area contributed by atoms with Crippen molar-refractivity contribution in [3.05, 3.63) is 137 Å². The molecule has 5 N–H and O–H groups in total. The maximum absolute atomic E-state index is 14.5. The topological polar surface area (TPSA) is 224 Å². The van der Waals surface area contributed by atoms with Crippen LogP contribution in [-0.2, 0) is 45.2 Å². The predicted molar refractivity (Wildman–Crippen MR) is 253 cm³/mol. The number of ether oxygens (including phenoxy) is 3. The Bertz CT molecular complexity index is 2670. The van der Waals surface area contributed by atoms with Crippen LogP contribution in [0.15, 0.2) is 115 Å². The van der Waals surface area contributed by atoms with Gasteiger partial charge < -0.3 is 45.3 Å². The Hall–Kier alpha value is -7.31. The number of carbonyl (C=O) groups excluding carboxylic acids is 4. The number of rotatable bonds is 22. The van der Waals surface area contributed by atoms with Crippen LogP contribution in [0.3, 0.4) is 0 Å². The molecule has 17 nitrogen and oxygen atoms in total. The third-order valence-corrected chi connectivity index (χ3v) is 12.4. The number of benzene rings is 4. The molecule has 0 radical (unpaired) electrons. The fourth-order valence-corrected chi connectivity index (χ4v) is 8.99. The molecular weight excluding hydrogens is 891 g/mol. The van der Waals surface area contributed by atoms with Crippen LogP contribution < -0.4 is 30.2 Å². The lowest BCUT2D eigenvalue weighted by molar-refractivity contribution is -0.143. The average Bonchev–Trinajstić information content (AvgIpc) is 4.09. The smallest absolute Gasteiger partial charge is 0.326 e. The molecular formula is C50H55N7O10S. The molecule has 0 spiro atoms. The molecule has 0 bridgehead atoms. The fraction of sp³-hybridized carbons (Fsp3) is 0.340. The molecule has 4 amide bonds. The number of carboxylic acids is 1. The average molecular weight is 946 g/mol. The highest BCUT2D eigenvalue weighted by molar-refractivity contribution is 7.17. The fourth-order valence-electron chi connectivity index (χ4n) is 8.01. The number of thiophene rings is 1. The normalized spacial score (nSPS) is 15.9. The lowest BCUT2D eigenvalue weighted by atomic mass is 10.0. The number of β-amino-alcohol motifs (C(OH)–C–C–N with tert-alkyl or cyclic N) is 1. The van der Waals surface area contributed by atoms with E-state index in [1.54, 1.807) is 59.4 Å². The van der Waals surface area contributed by atoms with Crippen molar-refractivity contribution in [3.8, 4) is 17.2 Å². The highest BCUT2D eigenvalue weighted by Crippen LogP contribution is 2.28. The molecule has 1 saturated heterocycles. The van der Waals surface area contributed by atoms with E-state index < -0.39 is 59.9 Å². The van der Waals surface area contributed by atoms with Gasteiger partial charge in [-0.3, -0.25) is 19.2 Å². The summed E-state index contributed by atoms with van der Waals surface area (Å²) in [6.07, 6.45) is 0.677.